The number of nitrogens with zero attached hydrogens (tertiary/aromatic N) is 1. The summed E-state index contributed by atoms with van der Waals surface area (Å²) in [4.78, 5) is 27.2. The molecule has 0 saturated carbocycles. The van der Waals surface area contributed by atoms with Gasteiger partial charge in [0.25, 0.3) is 5.91 Å². The fourth-order valence-corrected chi connectivity index (χ4v) is 3.06. The Morgan fingerprint density at radius 2 is 1.69 bits per heavy atom. The molecule has 0 heterocycles. The van der Waals surface area contributed by atoms with Crippen LogP contribution in [0.1, 0.15) is 38.3 Å². The second-order valence-corrected chi connectivity index (χ2v) is 8.49. The summed E-state index contributed by atoms with van der Waals surface area (Å²) >= 11 is 2.22. The predicted octanol–water partition coefficient (Wildman–Crippen LogP) is 4.31. The van der Waals surface area contributed by atoms with Crippen molar-refractivity contribution in [2.45, 2.75) is 52.7 Å². The number of halogens is 1. The van der Waals surface area contributed by atoms with E-state index in [9.17, 15) is 9.59 Å². The predicted molar refractivity (Wildman–Crippen MR) is 124 cm³/mol. The molecule has 0 aliphatic rings. The summed E-state index contributed by atoms with van der Waals surface area (Å²) in [6, 6.07) is 14.9. The normalized spacial score (nSPS) is 12.7. The fraction of sp³-hybridized carbons (Fsp3) is 0.391. The monoisotopic (exact) mass is 508 g/mol. The molecule has 0 aromatic heterocycles. The van der Waals surface area contributed by atoms with Crippen molar-refractivity contribution in [1.82, 2.24) is 10.2 Å². The number of nitrogens with one attached hydrogen (secondary N) is 1. The quantitative estimate of drug-likeness (QED) is 0.514. The van der Waals surface area contributed by atoms with E-state index in [4.69, 9.17) is 4.74 Å². The van der Waals surface area contributed by atoms with Crippen LogP contribution in [0.15, 0.2) is 48.5 Å². The van der Waals surface area contributed by atoms with Gasteiger partial charge >= 0.3 is 0 Å². The van der Waals surface area contributed by atoms with Gasteiger partial charge in [-0.15, -0.1) is 0 Å². The maximum absolute atomic E-state index is 13.0. The Kier molecular flexibility index (Phi) is 8.95. The number of ether oxygens (including phenoxy) is 1. The van der Waals surface area contributed by atoms with Gasteiger partial charge < -0.3 is 15.0 Å². The largest absolute Gasteiger partial charge is 0.484 e. The van der Waals surface area contributed by atoms with Crippen LogP contribution in [-0.2, 0) is 16.1 Å². The fourth-order valence-electron chi connectivity index (χ4n) is 2.70. The first-order chi connectivity index (χ1) is 13.8. The van der Waals surface area contributed by atoms with Crippen molar-refractivity contribution in [1.29, 1.82) is 0 Å². The Bertz CT molecular complexity index is 806. The highest BCUT2D eigenvalue weighted by Crippen LogP contribution is 2.15. The lowest BCUT2D eigenvalue weighted by molar-refractivity contribution is -0.142. The van der Waals surface area contributed by atoms with Gasteiger partial charge in [-0.3, -0.25) is 9.59 Å². The van der Waals surface area contributed by atoms with Crippen molar-refractivity contribution in [3.05, 3.63) is 63.2 Å². The van der Waals surface area contributed by atoms with E-state index in [1.807, 2.05) is 69.3 Å². The summed E-state index contributed by atoms with van der Waals surface area (Å²) in [5, 5.41) is 2.97. The zero-order valence-electron chi connectivity index (χ0n) is 17.4. The van der Waals surface area contributed by atoms with Gasteiger partial charge in [-0.25, -0.2) is 0 Å². The summed E-state index contributed by atoms with van der Waals surface area (Å²) in [7, 11) is 0. The zero-order valence-corrected chi connectivity index (χ0v) is 19.6. The third-order valence-electron chi connectivity index (χ3n) is 4.82. The topological polar surface area (TPSA) is 58.6 Å². The average Bonchev–Trinajstić information content (AvgIpc) is 2.72. The van der Waals surface area contributed by atoms with Gasteiger partial charge in [0.05, 0.1) is 0 Å². The lowest BCUT2D eigenvalue weighted by atomic mass is 10.1. The van der Waals surface area contributed by atoms with Crippen LogP contribution in [-0.4, -0.2) is 35.4 Å². The molecular weight excluding hydrogens is 479 g/mol. The van der Waals surface area contributed by atoms with Gasteiger partial charge in [0, 0.05) is 16.2 Å². The van der Waals surface area contributed by atoms with E-state index >= 15 is 0 Å². The minimum atomic E-state index is -0.599. The van der Waals surface area contributed by atoms with Crippen LogP contribution < -0.4 is 10.1 Å². The van der Waals surface area contributed by atoms with E-state index in [1.165, 1.54) is 0 Å². The van der Waals surface area contributed by atoms with Crippen LogP contribution in [0.25, 0.3) is 0 Å². The second kappa shape index (κ2) is 11.2. The second-order valence-electron chi connectivity index (χ2n) is 7.24. The van der Waals surface area contributed by atoms with E-state index in [-0.39, 0.29) is 24.5 Å². The first-order valence-corrected chi connectivity index (χ1v) is 10.9. The Morgan fingerprint density at radius 3 is 2.28 bits per heavy atom. The van der Waals surface area contributed by atoms with E-state index in [2.05, 4.69) is 27.9 Å². The molecule has 6 heteroatoms. The molecule has 29 heavy (non-hydrogen) atoms. The third-order valence-corrected chi connectivity index (χ3v) is 5.54. The Balaban J connectivity index is 2.13. The summed E-state index contributed by atoms with van der Waals surface area (Å²) in [6.45, 7) is 7.98. The summed E-state index contributed by atoms with van der Waals surface area (Å²) < 4.78 is 6.76. The molecule has 0 unspecified atom stereocenters. The van der Waals surface area contributed by atoms with Crippen LogP contribution in [0.4, 0.5) is 0 Å². The molecule has 2 rings (SSSR count). The van der Waals surface area contributed by atoms with Crippen LogP contribution >= 0.6 is 22.6 Å². The van der Waals surface area contributed by atoms with Gasteiger partial charge in [-0.1, -0.05) is 36.8 Å². The smallest absolute Gasteiger partial charge is 0.261 e. The number of hydrogen-bond donors (Lipinski definition) is 1. The van der Waals surface area contributed by atoms with Crippen molar-refractivity contribution < 1.29 is 14.3 Å². The van der Waals surface area contributed by atoms with Crippen molar-refractivity contribution in [2.24, 2.45) is 0 Å². The van der Waals surface area contributed by atoms with Gasteiger partial charge in [0.15, 0.2) is 6.61 Å². The minimum Gasteiger partial charge on any atom is -0.484 e. The van der Waals surface area contributed by atoms with Crippen molar-refractivity contribution in [3.8, 4) is 5.75 Å². The van der Waals surface area contributed by atoms with Gasteiger partial charge in [-0.2, -0.15) is 0 Å². The molecule has 0 spiro atoms. The maximum atomic E-state index is 13.0. The SMILES string of the molecule is CC[C@H](C)NC(=O)[C@H](C)N(Cc1ccc(C)cc1)C(=O)COc1ccc(I)cc1. The molecule has 2 amide bonds. The van der Waals surface area contributed by atoms with Crippen LogP contribution in [0, 0.1) is 10.5 Å². The molecule has 2 aromatic rings. The third kappa shape index (κ3) is 7.34. The Morgan fingerprint density at radius 1 is 1.07 bits per heavy atom. The summed E-state index contributed by atoms with van der Waals surface area (Å²) in [5.41, 5.74) is 2.12. The van der Waals surface area contributed by atoms with Crippen molar-refractivity contribution in [3.63, 3.8) is 0 Å². The van der Waals surface area contributed by atoms with E-state index in [0.29, 0.717) is 12.3 Å². The van der Waals surface area contributed by atoms with Crippen molar-refractivity contribution >= 4 is 34.4 Å². The van der Waals surface area contributed by atoms with Crippen LogP contribution in [0.3, 0.4) is 0 Å². The van der Waals surface area contributed by atoms with Gasteiger partial charge in [0.1, 0.15) is 11.8 Å². The molecule has 0 aliphatic heterocycles. The molecule has 1 N–H and O–H groups in total. The number of carbonyl (C=O) groups is 2. The lowest BCUT2D eigenvalue weighted by Gasteiger charge is -2.29. The highest BCUT2D eigenvalue weighted by atomic mass is 127. The Hall–Kier alpha value is -2.09. The molecule has 156 valence electrons. The molecule has 0 radical (unpaired) electrons. The average molecular weight is 508 g/mol. The van der Waals surface area contributed by atoms with Gasteiger partial charge in [0.2, 0.25) is 5.91 Å². The Labute approximate surface area is 187 Å². The molecule has 0 fully saturated rings. The zero-order chi connectivity index (χ0) is 21.4. The molecule has 0 aliphatic carbocycles. The highest BCUT2D eigenvalue weighted by molar-refractivity contribution is 14.1. The number of amides is 2. The molecule has 5 nitrogen and oxygen atoms in total. The molecular formula is C23H29IN2O3. The summed E-state index contributed by atoms with van der Waals surface area (Å²) in [6.07, 6.45) is 0.834. The minimum absolute atomic E-state index is 0.0596. The van der Waals surface area contributed by atoms with E-state index in [0.717, 1.165) is 21.1 Å². The van der Waals surface area contributed by atoms with Gasteiger partial charge in [-0.05, 0) is 79.6 Å². The summed E-state index contributed by atoms with van der Waals surface area (Å²) in [5.74, 6) is 0.246. The standard InChI is InChI=1S/C23H29IN2O3/c1-5-17(3)25-23(28)18(4)26(14-19-8-6-16(2)7-9-19)22(27)15-29-21-12-10-20(24)11-13-21/h6-13,17-18H,5,14-15H2,1-4H3,(H,25,28)/t17-,18-/m0/s1. The molecule has 2 atom stereocenters. The number of hydrogen-bond acceptors (Lipinski definition) is 3. The molecule has 0 bridgehead atoms. The molecule has 0 saturated heterocycles. The highest BCUT2D eigenvalue weighted by Gasteiger charge is 2.27. The number of benzene rings is 2. The van der Waals surface area contributed by atoms with Crippen LogP contribution in [0.5, 0.6) is 5.75 Å². The maximum Gasteiger partial charge on any atom is 0.261 e. The first kappa shape index (κ1) is 23.2. The molecule has 2 aromatic carbocycles. The van der Waals surface area contributed by atoms with Crippen molar-refractivity contribution in [2.75, 3.05) is 6.61 Å². The van der Waals surface area contributed by atoms with E-state index < -0.39 is 6.04 Å². The number of aryl methyl sites for hydroxylation is 1. The number of carbonyl (C=O) groups excluding carboxylic acids is 2. The van der Waals surface area contributed by atoms with E-state index in [1.54, 1.807) is 11.8 Å². The van der Waals surface area contributed by atoms with Crippen LogP contribution in [0.2, 0.25) is 0 Å². The lowest BCUT2D eigenvalue weighted by Crippen LogP contribution is -2.50. The first-order valence-electron chi connectivity index (χ1n) is 9.84. The number of rotatable bonds is 9.